The number of hydrogen-bond acceptors (Lipinski definition) is 4. The van der Waals surface area contributed by atoms with E-state index in [0.717, 1.165) is 85.7 Å². The molecule has 0 unspecified atom stereocenters. The van der Waals surface area contributed by atoms with Gasteiger partial charge in [0.1, 0.15) is 18.2 Å². The predicted octanol–water partition coefficient (Wildman–Crippen LogP) is 14.2. The summed E-state index contributed by atoms with van der Waals surface area (Å²) in [5.74, 6) is 1.69. The van der Waals surface area contributed by atoms with Crippen molar-refractivity contribution in [3.8, 4) is 33.8 Å². The summed E-state index contributed by atoms with van der Waals surface area (Å²) in [5.41, 5.74) is 13.4. The first kappa shape index (κ1) is 35.6. The molecule has 0 spiro atoms. The number of rotatable bonds is 11. The Morgan fingerprint density at radius 1 is 0.645 bits per heavy atom. The molecule has 0 radical (unpaired) electrons. The Kier molecular flexibility index (Phi) is 9.42. The van der Waals surface area contributed by atoms with Gasteiger partial charge in [0.15, 0.2) is 0 Å². The fraction of sp³-hybridized carbons (Fsp3) is 0.175. The number of anilines is 3. The molecule has 3 heterocycles. The first-order valence-corrected chi connectivity index (χ1v) is 21.6. The zero-order chi connectivity index (χ0) is 44.7. The number of benzene rings is 7. The van der Waals surface area contributed by atoms with E-state index >= 15 is 0 Å². The molecule has 1 aliphatic heterocycles. The highest BCUT2D eigenvalue weighted by molar-refractivity contribution is 6.09. The van der Waals surface area contributed by atoms with E-state index in [2.05, 4.69) is 181 Å². The highest BCUT2D eigenvalue weighted by Gasteiger charge is 2.27. The molecule has 9 aromatic rings. The number of pyridine rings is 1. The van der Waals surface area contributed by atoms with E-state index in [1.54, 1.807) is 6.07 Å². The van der Waals surface area contributed by atoms with E-state index in [9.17, 15) is 0 Å². The zero-order valence-electron chi connectivity index (χ0n) is 38.6. The molecule has 0 saturated carbocycles. The van der Waals surface area contributed by atoms with Crippen LogP contribution in [0.3, 0.4) is 0 Å². The van der Waals surface area contributed by atoms with Crippen LogP contribution in [-0.2, 0) is 18.4 Å². The Bertz CT molecular complexity index is 3170. The van der Waals surface area contributed by atoms with E-state index < -0.39 is 6.85 Å². The molecule has 62 heavy (non-hydrogen) atoms. The Hall–Kier alpha value is -7.11. The van der Waals surface area contributed by atoms with Crippen molar-refractivity contribution >= 4 is 38.9 Å². The van der Waals surface area contributed by atoms with Crippen molar-refractivity contribution in [3.63, 3.8) is 0 Å². The summed E-state index contributed by atoms with van der Waals surface area (Å²) in [6.07, 6.45) is 3.33. The molecule has 5 nitrogen and oxygen atoms in total. The number of ether oxygens (including phenoxy) is 1. The zero-order valence-corrected chi connectivity index (χ0v) is 35.6. The summed E-state index contributed by atoms with van der Waals surface area (Å²) in [4.78, 5) is 9.62. The van der Waals surface area contributed by atoms with Gasteiger partial charge in [0.05, 0.1) is 29.1 Å². The fourth-order valence-electron chi connectivity index (χ4n) is 9.04. The molecule has 7 aromatic carbocycles. The molecule has 0 saturated heterocycles. The van der Waals surface area contributed by atoms with Gasteiger partial charge in [-0.05, 0) is 130 Å². The minimum atomic E-state index is -2.23. The Morgan fingerprint density at radius 2 is 1.40 bits per heavy atom. The van der Waals surface area contributed by atoms with E-state index in [0.29, 0.717) is 25.3 Å². The quantitative estimate of drug-likeness (QED) is 0.130. The van der Waals surface area contributed by atoms with E-state index in [-0.39, 0.29) is 5.41 Å². The molecular weight excluding hydrogens is 757 g/mol. The maximum atomic E-state index is 8.49. The van der Waals surface area contributed by atoms with Crippen LogP contribution in [0.25, 0.3) is 49.9 Å². The Morgan fingerprint density at radius 3 is 2.27 bits per heavy atom. The van der Waals surface area contributed by atoms with Crippen molar-refractivity contribution in [1.82, 2.24) is 9.55 Å². The van der Waals surface area contributed by atoms with Crippen molar-refractivity contribution in [3.05, 3.63) is 204 Å². The first-order chi connectivity index (χ1) is 31.5. The first-order valence-electron chi connectivity index (χ1n) is 23.1. The predicted molar refractivity (Wildman–Crippen MR) is 259 cm³/mol. The molecule has 10 rings (SSSR count). The van der Waals surface area contributed by atoms with E-state index in [4.69, 9.17) is 13.8 Å². The highest BCUT2D eigenvalue weighted by Crippen LogP contribution is 2.41. The number of nitrogens with zero attached hydrogens (tertiary/aromatic N) is 4. The molecule has 5 heteroatoms. The highest BCUT2D eigenvalue weighted by atomic mass is 16.5. The third-order valence-electron chi connectivity index (χ3n) is 12.3. The van der Waals surface area contributed by atoms with Crippen LogP contribution in [0.2, 0.25) is 0 Å². The fourth-order valence-corrected chi connectivity index (χ4v) is 9.04. The lowest BCUT2D eigenvalue weighted by Gasteiger charge is -2.23. The van der Waals surface area contributed by atoms with Gasteiger partial charge in [-0.1, -0.05) is 130 Å². The molecule has 2 aromatic heterocycles. The standard InChI is InChI=1S/C57H52N4O/c1-40-16-12-24-49(44-21-14-20-43(35-44)42-18-6-5-7-19-42)48(40)25-15-33-59-39-60(54-28-11-10-27-53(54)59)46-22-13-17-41(34-46)38-62-47-29-30-51-50-23-8-9-26-52(50)61(55(51)37-47)56-36-45(31-32-58-56)57(2,3)4/h5-14,16-24,26-32,34-37H,15,25,33,38-39H2,1-4H3/i1D3. The van der Waals surface area contributed by atoms with Crippen molar-refractivity contribution in [1.29, 1.82) is 0 Å². The number of aryl methyl sites for hydroxylation is 1. The number of para-hydroxylation sites is 3. The van der Waals surface area contributed by atoms with Gasteiger partial charge < -0.3 is 14.5 Å². The molecule has 1 aliphatic rings. The monoisotopic (exact) mass is 811 g/mol. The van der Waals surface area contributed by atoms with Crippen molar-refractivity contribution in [2.75, 3.05) is 23.0 Å². The van der Waals surface area contributed by atoms with Crippen LogP contribution in [-0.4, -0.2) is 22.8 Å². The average Bonchev–Trinajstić information content (AvgIpc) is 3.86. The Balaban J connectivity index is 0.875. The molecule has 306 valence electrons. The van der Waals surface area contributed by atoms with E-state index in [1.807, 2.05) is 30.5 Å². The topological polar surface area (TPSA) is 33.5 Å². The van der Waals surface area contributed by atoms with Crippen molar-refractivity contribution in [2.45, 2.75) is 52.5 Å². The molecule has 0 atom stereocenters. The van der Waals surface area contributed by atoms with Crippen LogP contribution >= 0.6 is 0 Å². The second-order valence-corrected chi connectivity index (χ2v) is 17.3. The van der Waals surface area contributed by atoms with E-state index in [1.165, 1.54) is 16.6 Å². The second-order valence-electron chi connectivity index (χ2n) is 17.3. The van der Waals surface area contributed by atoms with Gasteiger partial charge in [-0.2, -0.15) is 0 Å². The van der Waals surface area contributed by atoms with Crippen LogP contribution in [0.1, 0.15) is 53.6 Å². The van der Waals surface area contributed by atoms with Gasteiger partial charge in [-0.3, -0.25) is 4.57 Å². The third-order valence-corrected chi connectivity index (χ3v) is 12.3. The minimum Gasteiger partial charge on any atom is -0.489 e. The van der Waals surface area contributed by atoms with Gasteiger partial charge in [0.2, 0.25) is 0 Å². The summed E-state index contributed by atoms with van der Waals surface area (Å²) >= 11 is 0. The maximum Gasteiger partial charge on any atom is 0.137 e. The molecular formula is C57H52N4O. The van der Waals surface area contributed by atoms with Crippen molar-refractivity contribution in [2.24, 2.45) is 0 Å². The van der Waals surface area contributed by atoms with Crippen LogP contribution < -0.4 is 14.5 Å². The lowest BCUT2D eigenvalue weighted by molar-refractivity contribution is 0.306. The second kappa shape index (κ2) is 16.4. The third kappa shape index (κ3) is 7.60. The van der Waals surface area contributed by atoms with Crippen LogP contribution in [0.4, 0.5) is 17.1 Å². The van der Waals surface area contributed by atoms with Gasteiger partial charge in [-0.25, -0.2) is 4.98 Å². The van der Waals surface area contributed by atoms with Crippen LogP contribution in [0.5, 0.6) is 5.75 Å². The summed E-state index contributed by atoms with van der Waals surface area (Å²) in [6.45, 7) is 6.33. The number of fused-ring (bicyclic) bond motifs is 4. The molecule has 0 bridgehead atoms. The molecule has 0 aliphatic carbocycles. The summed E-state index contributed by atoms with van der Waals surface area (Å²) in [6, 6.07) is 60.8. The van der Waals surface area contributed by atoms with Gasteiger partial charge >= 0.3 is 0 Å². The molecule has 0 amide bonds. The average molecular weight is 812 g/mol. The normalized spacial score (nSPS) is 13.6. The van der Waals surface area contributed by atoms with Gasteiger partial charge in [-0.15, -0.1) is 0 Å². The van der Waals surface area contributed by atoms with Crippen LogP contribution in [0, 0.1) is 6.85 Å². The minimum absolute atomic E-state index is 0.00772. The SMILES string of the molecule is [2H]C([2H])([2H])c1cccc(-c2cccc(-c3ccccc3)c2)c1CCCN1CN(c2cccc(COc3ccc4c5ccccc5n(-c5cc(C(C)(C)C)ccn5)c4c3)c2)c2ccccc21. The Labute approximate surface area is 369 Å². The van der Waals surface area contributed by atoms with Crippen molar-refractivity contribution < 1.29 is 8.85 Å². The number of aromatic nitrogens is 2. The van der Waals surface area contributed by atoms with Crippen LogP contribution in [0.15, 0.2) is 182 Å². The summed E-state index contributed by atoms with van der Waals surface area (Å²) in [7, 11) is 0. The smallest absolute Gasteiger partial charge is 0.137 e. The molecule has 0 N–H and O–H groups in total. The summed E-state index contributed by atoms with van der Waals surface area (Å²) in [5, 5.41) is 2.34. The lowest BCUT2D eigenvalue weighted by atomic mass is 9.88. The largest absolute Gasteiger partial charge is 0.489 e. The van der Waals surface area contributed by atoms with Gasteiger partial charge in [0.25, 0.3) is 0 Å². The molecule has 0 fully saturated rings. The maximum absolute atomic E-state index is 8.49. The summed E-state index contributed by atoms with van der Waals surface area (Å²) < 4.78 is 34.3. The van der Waals surface area contributed by atoms with Gasteiger partial charge in [0, 0.05) is 39.4 Å². The number of hydrogen-bond donors (Lipinski definition) is 0. The lowest BCUT2D eigenvalue weighted by Crippen LogP contribution is -2.29.